The second-order valence-corrected chi connectivity index (χ2v) is 10.9. The summed E-state index contributed by atoms with van der Waals surface area (Å²) in [6.07, 6.45) is 2.08. The third kappa shape index (κ3) is 5.56. The first-order valence-corrected chi connectivity index (χ1v) is 13.2. The molecule has 4 rings (SSSR count). The van der Waals surface area contributed by atoms with Gasteiger partial charge in [0.15, 0.2) is 0 Å². The number of hydrogen-bond acceptors (Lipinski definition) is 6. The van der Waals surface area contributed by atoms with Crippen LogP contribution in [0.25, 0.3) is 10.6 Å². The Balaban J connectivity index is 1.35. The molecule has 2 aromatic carbocycles. The van der Waals surface area contributed by atoms with Crippen LogP contribution >= 0.6 is 11.3 Å². The Hall–Kier alpha value is -2.26. The zero-order valence-electron chi connectivity index (χ0n) is 18.5. The van der Waals surface area contributed by atoms with Gasteiger partial charge in [-0.2, -0.15) is 0 Å². The molecule has 0 saturated carbocycles. The van der Waals surface area contributed by atoms with Gasteiger partial charge in [0.1, 0.15) is 10.8 Å². The van der Waals surface area contributed by atoms with Gasteiger partial charge < -0.3 is 4.74 Å². The normalized spacial score (nSPS) is 17.4. The van der Waals surface area contributed by atoms with Crippen LogP contribution < -0.4 is 9.46 Å². The van der Waals surface area contributed by atoms with Crippen LogP contribution in [0.1, 0.15) is 24.1 Å². The molecule has 1 saturated heterocycles. The van der Waals surface area contributed by atoms with E-state index in [2.05, 4.69) is 15.0 Å². The number of piperidine rings is 1. The first-order valence-electron chi connectivity index (χ1n) is 10.8. The van der Waals surface area contributed by atoms with Gasteiger partial charge in [0.2, 0.25) is 10.0 Å². The Morgan fingerprint density at radius 1 is 1.19 bits per heavy atom. The van der Waals surface area contributed by atoms with Crippen LogP contribution in [0.3, 0.4) is 0 Å². The van der Waals surface area contributed by atoms with E-state index in [0.717, 1.165) is 60.1 Å². The van der Waals surface area contributed by atoms with Gasteiger partial charge in [0.25, 0.3) is 0 Å². The highest BCUT2D eigenvalue weighted by Crippen LogP contribution is 2.32. The number of nitrogens with one attached hydrogen (secondary N) is 1. The maximum Gasteiger partial charge on any atom is 0.240 e. The van der Waals surface area contributed by atoms with Crippen LogP contribution in [-0.4, -0.2) is 45.0 Å². The Bertz CT molecular complexity index is 1140. The van der Waals surface area contributed by atoms with Crippen LogP contribution in [0, 0.1) is 12.8 Å². The third-order valence-electron chi connectivity index (χ3n) is 5.77. The molecule has 1 aromatic heterocycles. The van der Waals surface area contributed by atoms with E-state index in [0.29, 0.717) is 11.4 Å². The van der Waals surface area contributed by atoms with Crippen molar-refractivity contribution in [2.75, 3.05) is 26.7 Å². The third-order valence-corrected chi connectivity index (χ3v) is 8.14. The Kier molecular flexibility index (Phi) is 7.25. The highest BCUT2D eigenvalue weighted by atomic mass is 32.2. The number of benzene rings is 2. The molecule has 0 aliphatic carbocycles. The van der Waals surface area contributed by atoms with E-state index in [4.69, 9.17) is 9.72 Å². The van der Waals surface area contributed by atoms with E-state index in [1.165, 1.54) is 0 Å². The molecule has 170 valence electrons. The van der Waals surface area contributed by atoms with E-state index >= 15 is 0 Å². The average Bonchev–Trinajstić information content (AvgIpc) is 3.26. The van der Waals surface area contributed by atoms with Gasteiger partial charge >= 0.3 is 0 Å². The number of aromatic nitrogens is 1. The van der Waals surface area contributed by atoms with Crippen LogP contribution in [0.15, 0.2) is 58.8 Å². The van der Waals surface area contributed by atoms with Gasteiger partial charge in [-0.3, -0.25) is 4.90 Å². The fourth-order valence-corrected chi connectivity index (χ4v) is 6.00. The first kappa shape index (κ1) is 22.9. The van der Waals surface area contributed by atoms with E-state index in [1.54, 1.807) is 30.6 Å². The predicted octanol–water partition coefficient (Wildman–Crippen LogP) is 4.32. The maximum absolute atomic E-state index is 12.6. The quantitative estimate of drug-likeness (QED) is 0.530. The standard InChI is InChI=1S/C24H29N3O3S2/c1-18-9-11-21(12-10-18)32(28,29)25-14-19-6-5-13-27(15-19)16-20-17-31-24(26-20)22-7-3-4-8-23(22)30-2/h3-4,7-12,17,19,25H,5-6,13-16H2,1-2H3. The lowest BCUT2D eigenvalue weighted by molar-refractivity contribution is 0.167. The molecule has 0 bridgehead atoms. The fourth-order valence-electron chi connectivity index (χ4n) is 4.04. The molecule has 1 fully saturated rings. The summed E-state index contributed by atoms with van der Waals surface area (Å²) < 4.78 is 33.5. The highest BCUT2D eigenvalue weighted by molar-refractivity contribution is 7.89. The molecular formula is C24H29N3O3S2. The SMILES string of the molecule is COc1ccccc1-c1nc(CN2CCCC(CNS(=O)(=O)c3ccc(C)cc3)C2)cs1. The largest absolute Gasteiger partial charge is 0.496 e. The molecule has 1 atom stereocenters. The number of nitrogens with zero attached hydrogens (tertiary/aromatic N) is 2. The number of rotatable bonds is 8. The Labute approximate surface area is 194 Å². The summed E-state index contributed by atoms with van der Waals surface area (Å²) in [7, 11) is -1.80. The number of thiazole rings is 1. The van der Waals surface area contributed by atoms with Crippen molar-refractivity contribution in [3.8, 4) is 16.3 Å². The van der Waals surface area contributed by atoms with Crippen LogP contribution in [0.4, 0.5) is 0 Å². The lowest BCUT2D eigenvalue weighted by atomic mass is 9.98. The molecule has 0 amide bonds. The summed E-state index contributed by atoms with van der Waals surface area (Å²) in [5.41, 5.74) is 3.09. The number of para-hydroxylation sites is 1. The van der Waals surface area contributed by atoms with Crippen molar-refractivity contribution in [3.05, 3.63) is 65.2 Å². The lowest BCUT2D eigenvalue weighted by Crippen LogP contribution is -2.40. The van der Waals surface area contributed by atoms with Gasteiger partial charge in [-0.05, 0) is 56.5 Å². The lowest BCUT2D eigenvalue weighted by Gasteiger charge is -2.32. The second-order valence-electron chi connectivity index (χ2n) is 8.25. The summed E-state index contributed by atoms with van der Waals surface area (Å²) in [4.78, 5) is 7.52. The van der Waals surface area contributed by atoms with E-state index in [9.17, 15) is 8.42 Å². The average molecular weight is 472 g/mol. The fraction of sp³-hybridized carbons (Fsp3) is 0.375. The van der Waals surface area contributed by atoms with Crippen LogP contribution in [0.5, 0.6) is 5.75 Å². The van der Waals surface area contributed by atoms with Crippen molar-refractivity contribution < 1.29 is 13.2 Å². The molecule has 1 unspecified atom stereocenters. The predicted molar refractivity (Wildman–Crippen MR) is 128 cm³/mol. The van der Waals surface area contributed by atoms with Gasteiger partial charge in [-0.1, -0.05) is 29.8 Å². The molecule has 1 N–H and O–H groups in total. The summed E-state index contributed by atoms with van der Waals surface area (Å²) >= 11 is 1.62. The molecule has 0 radical (unpaired) electrons. The molecule has 6 nitrogen and oxygen atoms in total. The molecule has 2 heterocycles. The number of hydrogen-bond donors (Lipinski definition) is 1. The minimum atomic E-state index is -3.48. The number of ether oxygens (including phenoxy) is 1. The molecule has 0 spiro atoms. The Morgan fingerprint density at radius 3 is 2.75 bits per heavy atom. The molecule has 32 heavy (non-hydrogen) atoms. The smallest absolute Gasteiger partial charge is 0.240 e. The maximum atomic E-state index is 12.6. The second kappa shape index (κ2) is 10.1. The van der Waals surface area contributed by atoms with Gasteiger partial charge in [-0.15, -0.1) is 11.3 Å². The molecular weight excluding hydrogens is 442 g/mol. The van der Waals surface area contributed by atoms with E-state index < -0.39 is 10.0 Å². The van der Waals surface area contributed by atoms with E-state index in [-0.39, 0.29) is 5.92 Å². The molecule has 3 aromatic rings. The zero-order valence-corrected chi connectivity index (χ0v) is 20.1. The van der Waals surface area contributed by atoms with Crippen LogP contribution in [0.2, 0.25) is 0 Å². The summed E-state index contributed by atoms with van der Waals surface area (Å²) in [5.74, 6) is 1.11. The molecule has 1 aliphatic heterocycles. The summed E-state index contributed by atoms with van der Waals surface area (Å²) in [5, 5.41) is 3.06. The first-order chi connectivity index (χ1) is 15.4. The van der Waals surface area contributed by atoms with Crippen molar-refractivity contribution in [1.82, 2.24) is 14.6 Å². The number of likely N-dealkylation sites (tertiary alicyclic amines) is 1. The molecule has 1 aliphatic rings. The summed E-state index contributed by atoms with van der Waals surface area (Å²) in [6.45, 7) is 5.03. The minimum Gasteiger partial charge on any atom is -0.496 e. The van der Waals surface area contributed by atoms with E-state index in [1.807, 2.05) is 43.3 Å². The monoisotopic (exact) mass is 471 g/mol. The minimum absolute atomic E-state index is 0.288. The van der Waals surface area contributed by atoms with Crippen molar-refractivity contribution in [2.24, 2.45) is 5.92 Å². The van der Waals surface area contributed by atoms with Crippen molar-refractivity contribution >= 4 is 21.4 Å². The zero-order chi connectivity index (χ0) is 22.6. The van der Waals surface area contributed by atoms with Crippen molar-refractivity contribution in [3.63, 3.8) is 0 Å². The summed E-state index contributed by atoms with van der Waals surface area (Å²) in [6, 6.07) is 14.9. The van der Waals surface area contributed by atoms with Gasteiger partial charge in [0, 0.05) is 25.0 Å². The molecule has 8 heteroatoms. The van der Waals surface area contributed by atoms with Gasteiger partial charge in [0.05, 0.1) is 23.3 Å². The number of methoxy groups -OCH3 is 1. The Morgan fingerprint density at radius 2 is 1.97 bits per heavy atom. The number of aryl methyl sites for hydroxylation is 1. The van der Waals surface area contributed by atoms with Crippen molar-refractivity contribution in [1.29, 1.82) is 0 Å². The van der Waals surface area contributed by atoms with Gasteiger partial charge in [-0.25, -0.2) is 18.1 Å². The number of sulfonamides is 1. The van der Waals surface area contributed by atoms with Crippen molar-refractivity contribution in [2.45, 2.75) is 31.2 Å². The topological polar surface area (TPSA) is 71.5 Å². The van der Waals surface area contributed by atoms with Crippen LogP contribution in [-0.2, 0) is 16.6 Å². The highest BCUT2D eigenvalue weighted by Gasteiger charge is 2.23.